The number of phenols is 1. The lowest BCUT2D eigenvalue weighted by Crippen LogP contribution is -2.41. The zero-order valence-electron chi connectivity index (χ0n) is 11.9. The van der Waals surface area contributed by atoms with Crippen molar-refractivity contribution >= 4 is 11.6 Å². The smallest absolute Gasteiger partial charge is 0.123 e. The Morgan fingerprint density at radius 1 is 0.950 bits per heavy atom. The zero-order chi connectivity index (χ0) is 15.0. The van der Waals surface area contributed by atoms with E-state index in [0.717, 1.165) is 5.56 Å². The second-order valence-electron chi connectivity index (χ2n) is 5.99. The Morgan fingerprint density at radius 3 is 2.10 bits per heavy atom. The molecule has 2 aromatic carbocycles. The predicted octanol–water partition coefficient (Wildman–Crippen LogP) is 4.33. The van der Waals surface area contributed by atoms with E-state index in [0.29, 0.717) is 10.6 Å². The highest BCUT2D eigenvalue weighted by Crippen LogP contribution is 2.47. The van der Waals surface area contributed by atoms with Crippen LogP contribution in [0.15, 0.2) is 48.5 Å². The molecule has 20 heavy (non-hydrogen) atoms. The standard InChI is InChI=1S/C17H19ClO2/c1-16(2,3)17(20,12-7-5-4-6-8-12)14-11-13(18)9-10-15(14)19/h4-11,19-20H,1-3H3. The highest BCUT2D eigenvalue weighted by molar-refractivity contribution is 6.30. The van der Waals surface area contributed by atoms with Gasteiger partial charge in [-0.25, -0.2) is 0 Å². The lowest BCUT2D eigenvalue weighted by atomic mass is 9.68. The topological polar surface area (TPSA) is 40.5 Å². The third-order valence-corrected chi connectivity index (χ3v) is 3.86. The highest BCUT2D eigenvalue weighted by Gasteiger charge is 2.44. The van der Waals surface area contributed by atoms with Crippen molar-refractivity contribution in [3.8, 4) is 5.75 Å². The van der Waals surface area contributed by atoms with Gasteiger partial charge in [-0.2, -0.15) is 0 Å². The lowest BCUT2D eigenvalue weighted by Gasteiger charge is -2.41. The zero-order valence-corrected chi connectivity index (χ0v) is 12.6. The molecule has 1 unspecified atom stereocenters. The molecule has 0 aliphatic heterocycles. The van der Waals surface area contributed by atoms with E-state index >= 15 is 0 Å². The van der Waals surface area contributed by atoms with Crippen LogP contribution in [0, 0.1) is 5.41 Å². The van der Waals surface area contributed by atoms with Crippen LogP contribution < -0.4 is 0 Å². The van der Waals surface area contributed by atoms with E-state index < -0.39 is 11.0 Å². The number of benzene rings is 2. The molecule has 106 valence electrons. The number of aromatic hydroxyl groups is 1. The van der Waals surface area contributed by atoms with E-state index in [1.54, 1.807) is 12.1 Å². The molecule has 0 amide bonds. The summed E-state index contributed by atoms with van der Waals surface area (Å²) >= 11 is 6.04. The van der Waals surface area contributed by atoms with Gasteiger partial charge in [0.1, 0.15) is 11.4 Å². The molecule has 0 heterocycles. The summed E-state index contributed by atoms with van der Waals surface area (Å²) in [5.41, 5.74) is -0.700. The van der Waals surface area contributed by atoms with Crippen molar-refractivity contribution in [1.29, 1.82) is 0 Å². The average Bonchev–Trinajstić information content (AvgIpc) is 2.40. The Bertz CT molecular complexity index is 602. The van der Waals surface area contributed by atoms with Crippen LogP contribution in [0.5, 0.6) is 5.75 Å². The van der Waals surface area contributed by atoms with Crippen molar-refractivity contribution in [2.75, 3.05) is 0 Å². The van der Waals surface area contributed by atoms with E-state index in [9.17, 15) is 10.2 Å². The Hall–Kier alpha value is -1.51. The number of hydrogen-bond donors (Lipinski definition) is 2. The highest BCUT2D eigenvalue weighted by atomic mass is 35.5. The molecule has 0 saturated heterocycles. The summed E-state index contributed by atoms with van der Waals surface area (Å²) in [6.45, 7) is 5.79. The molecule has 1 atom stereocenters. The largest absolute Gasteiger partial charge is 0.508 e. The number of hydrogen-bond acceptors (Lipinski definition) is 2. The van der Waals surface area contributed by atoms with Crippen LogP contribution in [0.4, 0.5) is 0 Å². The van der Waals surface area contributed by atoms with E-state index in [-0.39, 0.29) is 5.75 Å². The average molecular weight is 291 g/mol. The molecular weight excluding hydrogens is 272 g/mol. The quantitative estimate of drug-likeness (QED) is 0.864. The molecular formula is C17H19ClO2. The molecule has 0 saturated carbocycles. The van der Waals surface area contributed by atoms with Crippen LogP contribution in [0.25, 0.3) is 0 Å². The van der Waals surface area contributed by atoms with Gasteiger partial charge < -0.3 is 10.2 Å². The summed E-state index contributed by atoms with van der Waals surface area (Å²) in [5, 5.41) is 22.0. The van der Waals surface area contributed by atoms with Gasteiger partial charge in [0.05, 0.1) is 0 Å². The molecule has 3 heteroatoms. The van der Waals surface area contributed by atoms with Crippen LogP contribution in [-0.2, 0) is 5.60 Å². The van der Waals surface area contributed by atoms with Gasteiger partial charge in [0.2, 0.25) is 0 Å². The van der Waals surface area contributed by atoms with Crippen molar-refractivity contribution in [1.82, 2.24) is 0 Å². The monoisotopic (exact) mass is 290 g/mol. The summed E-state index contributed by atoms with van der Waals surface area (Å²) < 4.78 is 0. The van der Waals surface area contributed by atoms with Gasteiger partial charge in [-0.15, -0.1) is 0 Å². The summed E-state index contributed by atoms with van der Waals surface area (Å²) in [5.74, 6) is 0.0377. The number of rotatable bonds is 2. The fourth-order valence-electron chi connectivity index (χ4n) is 2.47. The molecule has 0 fully saturated rings. The third kappa shape index (κ3) is 2.41. The predicted molar refractivity (Wildman–Crippen MR) is 82.0 cm³/mol. The molecule has 2 nitrogen and oxygen atoms in total. The van der Waals surface area contributed by atoms with Gasteiger partial charge in [-0.1, -0.05) is 62.7 Å². The van der Waals surface area contributed by atoms with Crippen molar-refractivity contribution in [3.63, 3.8) is 0 Å². The molecule has 0 aliphatic rings. The fraction of sp³-hybridized carbons (Fsp3) is 0.294. The maximum Gasteiger partial charge on any atom is 0.123 e. The first-order valence-corrected chi connectivity index (χ1v) is 6.91. The van der Waals surface area contributed by atoms with Crippen molar-refractivity contribution in [2.24, 2.45) is 5.41 Å². The second kappa shape index (κ2) is 5.12. The van der Waals surface area contributed by atoms with Gasteiger partial charge in [0.15, 0.2) is 0 Å². The molecule has 2 N–H and O–H groups in total. The van der Waals surface area contributed by atoms with Gasteiger partial charge >= 0.3 is 0 Å². The molecule has 0 aliphatic carbocycles. The lowest BCUT2D eigenvalue weighted by molar-refractivity contribution is -0.0275. The van der Waals surface area contributed by atoms with Gasteiger partial charge in [-0.3, -0.25) is 0 Å². The van der Waals surface area contributed by atoms with Gasteiger partial charge in [-0.05, 0) is 29.2 Å². The second-order valence-corrected chi connectivity index (χ2v) is 6.42. The first kappa shape index (κ1) is 14.9. The maximum atomic E-state index is 11.4. The van der Waals surface area contributed by atoms with Crippen LogP contribution >= 0.6 is 11.6 Å². The summed E-state index contributed by atoms with van der Waals surface area (Å²) in [6.07, 6.45) is 0. The van der Waals surface area contributed by atoms with Crippen molar-refractivity contribution < 1.29 is 10.2 Å². The van der Waals surface area contributed by atoms with Crippen LogP contribution in [-0.4, -0.2) is 10.2 Å². The fourth-order valence-corrected chi connectivity index (χ4v) is 2.64. The molecule has 0 spiro atoms. The summed E-state index contributed by atoms with van der Waals surface area (Å²) in [6, 6.07) is 14.1. The number of halogens is 1. The SMILES string of the molecule is CC(C)(C)C(O)(c1ccccc1)c1cc(Cl)ccc1O. The number of phenolic OH excluding ortho intramolecular Hbond substituents is 1. The van der Waals surface area contributed by atoms with Crippen LogP contribution in [0.2, 0.25) is 5.02 Å². The third-order valence-electron chi connectivity index (χ3n) is 3.63. The van der Waals surface area contributed by atoms with Crippen molar-refractivity contribution in [2.45, 2.75) is 26.4 Å². The van der Waals surface area contributed by atoms with Crippen LogP contribution in [0.1, 0.15) is 31.9 Å². The summed E-state index contributed by atoms with van der Waals surface area (Å²) in [4.78, 5) is 0. The Labute approximate surface area is 124 Å². The maximum absolute atomic E-state index is 11.4. The molecule has 0 bridgehead atoms. The first-order valence-electron chi connectivity index (χ1n) is 6.53. The molecule has 2 rings (SSSR count). The molecule has 0 radical (unpaired) electrons. The minimum atomic E-state index is -1.33. The first-order chi connectivity index (χ1) is 9.26. The van der Waals surface area contributed by atoms with E-state index in [2.05, 4.69) is 0 Å². The van der Waals surface area contributed by atoms with Crippen molar-refractivity contribution in [3.05, 3.63) is 64.7 Å². The van der Waals surface area contributed by atoms with E-state index in [4.69, 9.17) is 11.6 Å². The Kier molecular flexibility index (Phi) is 3.81. The Morgan fingerprint density at radius 2 is 1.55 bits per heavy atom. The number of aliphatic hydroxyl groups is 1. The van der Waals surface area contributed by atoms with Gasteiger partial charge in [0, 0.05) is 10.6 Å². The van der Waals surface area contributed by atoms with E-state index in [1.807, 2.05) is 51.1 Å². The van der Waals surface area contributed by atoms with Crippen LogP contribution in [0.3, 0.4) is 0 Å². The van der Waals surface area contributed by atoms with Gasteiger partial charge in [0.25, 0.3) is 0 Å². The summed E-state index contributed by atoms with van der Waals surface area (Å²) in [7, 11) is 0. The molecule has 2 aromatic rings. The van der Waals surface area contributed by atoms with E-state index in [1.165, 1.54) is 6.07 Å². The minimum absolute atomic E-state index is 0.0377. The molecule has 0 aromatic heterocycles. The normalized spacial score (nSPS) is 14.8. The minimum Gasteiger partial charge on any atom is -0.508 e. The Balaban J connectivity index is 2.75.